The molecule has 3 aromatic rings. The summed E-state index contributed by atoms with van der Waals surface area (Å²) in [6.45, 7) is -0.284. The lowest BCUT2D eigenvalue weighted by Gasteiger charge is -2.15. The molecule has 0 aliphatic rings. The van der Waals surface area contributed by atoms with Crippen molar-refractivity contribution in [3.8, 4) is 6.07 Å². The summed E-state index contributed by atoms with van der Waals surface area (Å²) in [7, 11) is 0. The fraction of sp³-hybridized carbons (Fsp3) is 0.167. The lowest BCUT2D eigenvalue weighted by Crippen LogP contribution is -2.31. The number of imidazole rings is 1. The van der Waals surface area contributed by atoms with Crippen LogP contribution >= 0.6 is 0 Å². The molecule has 0 aliphatic carbocycles. The van der Waals surface area contributed by atoms with Crippen LogP contribution in [0.2, 0.25) is 0 Å². The molecule has 1 aromatic heterocycles. The standard InChI is InChI=1S/C18H12F4N4O2/c19-11-2-4-14-15(5-11)26(9-24-14)8-16(27)17(28)25-12-3-1-10(7-23)13(6-12)18(20,21)22/h1-6,9,16,27H,8H2,(H,25,28)/t16-/m0/s1. The third-order valence-electron chi connectivity index (χ3n) is 3.97. The average molecular weight is 392 g/mol. The first kappa shape index (κ1) is 19.3. The molecule has 0 radical (unpaired) electrons. The van der Waals surface area contributed by atoms with Gasteiger partial charge in [0.15, 0.2) is 6.10 Å². The summed E-state index contributed by atoms with van der Waals surface area (Å²) in [4.78, 5) is 16.2. The molecule has 1 heterocycles. The predicted octanol–water partition coefficient (Wildman–Crippen LogP) is 3.07. The maximum Gasteiger partial charge on any atom is 0.417 e. The molecule has 6 nitrogen and oxygen atoms in total. The Morgan fingerprint density at radius 2 is 2.04 bits per heavy atom. The molecule has 2 aromatic carbocycles. The number of benzene rings is 2. The number of hydrogen-bond acceptors (Lipinski definition) is 4. The van der Waals surface area contributed by atoms with Gasteiger partial charge in [0.1, 0.15) is 5.82 Å². The molecule has 0 aliphatic heterocycles. The van der Waals surface area contributed by atoms with Crippen LogP contribution < -0.4 is 5.32 Å². The zero-order valence-corrected chi connectivity index (χ0v) is 14.0. The molecule has 3 rings (SSSR count). The number of nitriles is 1. The van der Waals surface area contributed by atoms with Gasteiger partial charge < -0.3 is 15.0 Å². The number of carbonyl (C=O) groups excluding carboxylic acids is 1. The highest BCUT2D eigenvalue weighted by Gasteiger charge is 2.34. The topological polar surface area (TPSA) is 90.9 Å². The lowest BCUT2D eigenvalue weighted by molar-refractivity contribution is -0.137. The van der Waals surface area contributed by atoms with Gasteiger partial charge in [0.05, 0.1) is 41.1 Å². The van der Waals surface area contributed by atoms with Gasteiger partial charge in [-0.3, -0.25) is 4.79 Å². The summed E-state index contributed by atoms with van der Waals surface area (Å²) in [5.41, 5.74) is -1.20. The van der Waals surface area contributed by atoms with Gasteiger partial charge in [-0.15, -0.1) is 0 Å². The number of halogens is 4. The Morgan fingerprint density at radius 1 is 1.29 bits per heavy atom. The highest BCUT2D eigenvalue weighted by Crippen LogP contribution is 2.33. The van der Waals surface area contributed by atoms with Gasteiger partial charge in [0.2, 0.25) is 0 Å². The molecule has 28 heavy (non-hydrogen) atoms. The van der Waals surface area contributed by atoms with Gasteiger partial charge in [-0.05, 0) is 36.4 Å². The highest BCUT2D eigenvalue weighted by atomic mass is 19.4. The van der Waals surface area contributed by atoms with E-state index in [-0.39, 0.29) is 12.2 Å². The zero-order chi connectivity index (χ0) is 20.5. The van der Waals surface area contributed by atoms with Crippen LogP contribution in [-0.2, 0) is 17.5 Å². The number of fused-ring (bicyclic) bond motifs is 1. The molecule has 0 unspecified atom stereocenters. The number of anilines is 1. The summed E-state index contributed by atoms with van der Waals surface area (Å²) in [5.74, 6) is -1.48. The number of alkyl halides is 3. The van der Waals surface area contributed by atoms with Crippen LogP contribution in [0.3, 0.4) is 0 Å². The molecule has 1 amide bonds. The monoisotopic (exact) mass is 392 g/mol. The van der Waals surface area contributed by atoms with Crippen LogP contribution in [0.5, 0.6) is 0 Å². The van der Waals surface area contributed by atoms with Crippen LogP contribution in [-0.4, -0.2) is 26.7 Å². The molecule has 0 bridgehead atoms. The quantitative estimate of drug-likeness (QED) is 0.668. The van der Waals surface area contributed by atoms with Crippen LogP contribution in [0.15, 0.2) is 42.7 Å². The van der Waals surface area contributed by atoms with Gasteiger partial charge in [0, 0.05) is 5.69 Å². The molecule has 0 spiro atoms. The Hall–Kier alpha value is -3.45. The Labute approximate surface area is 155 Å². The number of amides is 1. The molecule has 144 valence electrons. The number of nitrogens with one attached hydrogen (secondary N) is 1. The van der Waals surface area contributed by atoms with Gasteiger partial charge >= 0.3 is 6.18 Å². The first-order valence-electron chi connectivity index (χ1n) is 7.89. The van der Waals surface area contributed by atoms with E-state index in [4.69, 9.17) is 5.26 Å². The van der Waals surface area contributed by atoms with Gasteiger partial charge in [-0.2, -0.15) is 18.4 Å². The van der Waals surface area contributed by atoms with Crippen molar-refractivity contribution in [1.29, 1.82) is 5.26 Å². The lowest BCUT2D eigenvalue weighted by atomic mass is 10.1. The number of carbonyl (C=O) groups is 1. The van der Waals surface area contributed by atoms with E-state index in [9.17, 15) is 27.5 Å². The Bertz CT molecular complexity index is 1090. The maximum absolute atomic E-state index is 13.4. The van der Waals surface area contributed by atoms with Crippen molar-refractivity contribution in [2.24, 2.45) is 0 Å². The van der Waals surface area contributed by atoms with Crippen molar-refractivity contribution >= 4 is 22.6 Å². The fourth-order valence-electron chi connectivity index (χ4n) is 2.62. The van der Waals surface area contributed by atoms with Gasteiger partial charge in [-0.25, -0.2) is 9.37 Å². The molecule has 0 saturated heterocycles. The van der Waals surface area contributed by atoms with Crippen molar-refractivity contribution in [1.82, 2.24) is 9.55 Å². The van der Waals surface area contributed by atoms with E-state index in [1.807, 2.05) is 0 Å². The van der Waals surface area contributed by atoms with E-state index < -0.39 is 35.1 Å². The number of aromatic nitrogens is 2. The normalized spacial score (nSPS) is 12.6. The molecular formula is C18H12F4N4O2. The minimum Gasteiger partial charge on any atom is -0.381 e. The van der Waals surface area contributed by atoms with Crippen LogP contribution in [0.4, 0.5) is 23.2 Å². The molecule has 0 fully saturated rings. The number of aliphatic hydroxyl groups is 1. The second-order valence-electron chi connectivity index (χ2n) is 5.90. The minimum atomic E-state index is -4.77. The van der Waals surface area contributed by atoms with Crippen molar-refractivity contribution in [3.05, 3.63) is 59.7 Å². The largest absolute Gasteiger partial charge is 0.417 e. The SMILES string of the molecule is N#Cc1ccc(NC(=O)[C@@H](O)Cn2cnc3ccc(F)cc32)cc1C(F)(F)F. The molecule has 0 saturated carbocycles. The van der Waals surface area contributed by atoms with Crippen LogP contribution in [0, 0.1) is 17.1 Å². The Balaban J connectivity index is 1.77. The van der Waals surface area contributed by atoms with Crippen molar-refractivity contribution in [2.45, 2.75) is 18.8 Å². The summed E-state index contributed by atoms with van der Waals surface area (Å²) in [6.07, 6.45) is -5.10. The van der Waals surface area contributed by atoms with E-state index in [0.29, 0.717) is 17.1 Å². The molecule has 1 atom stereocenters. The van der Waals surface area contributed by atoms with E-state index in [2.05, 4.69) is 10.3 Å². The molecular weight excluding hydrogens is 380 g/mol. The summed E-state index contributed by atoms with van der Waals surface area (Å²) < 4.78 is 53.7. The van der Waals surface area contributed by atoms with Gasteiger partial charge in [-0.1, -0.05) is 0 Å². The number of aliphatic hydroxyl groups excluding tert-OH is 1. The van der Waals surface area contributed by atoms with Crippen molar-refractivity contribution < 1.29 is 27.5 Å². The number of nitrogens with zero attached hydrogens (tertiary/aromatic N) is 3. The average Bonchev–Trinajstić information content (AvgIpc) is 3.02. The first-order chi connectivity index (χ1) is 13.2. The van der Waals surface area contributed by atoms with E-state index in [1.54, 1.807) is 0 Å². The van der Waals surface area contributed by atoms with E-state index in [0.717, 1.165) is 12.1 Å². The number of hydrogen-bond donors (Lipinski definition) is 2. The molecule has 10 heteroatoms. The second kappa shape index (κ2) is 7.28. The summed E-state index contributed by atoms with van der Waals surface area (Å²) >= 11 is 0. The minimum absolute atomic E-state index is 0.225. The zero-order valence-electron chi connectivity index (χ0n) is 14.0. The third kappa shape index (κ3) is 3.94. The number of rotatable bonds is 4. The smallest absolute Gasteiger partial charge is 0.381 e. The Morgan fingerprint density at radius 3 is 2.71 bits per heavy atom. The molecule has 2 N–H and O–H groups in total. The summed E-state index contributed by atoms with van der Waals surface area (Å²) in [6, 6.07) is 7.93. The van der Waals surface area contributed by atoms with E-state index >= 15 is 0 Å². The third-order valence-corrected chi connectivity index (χ3v) is 3.97. The fourth-order valence-corrected chi connectivity index (χ4v) is 2.62. The Kier molecular flexibility index (Phi) is 5.02. The first-order valence-corrected chi connectivity index (χ1v) is 7.89. The maximum atomic E-state index is 13.4. The van der Waals surface area contributed by atoms with Gasteiger partial charge in [0.25, 0.3) is 5.91 Å². The van der Waals surface area contributed by atoms with Crippen molar-refractivity contribution in [3.63, 3.8) is 0 Å². The highest BCUT2D eigenvalue weighted by molar-refractivity contribution is 5.94. The van der Waals surface area contributed by atoms with E-state index in [1.165, 1.54) is 35.2 Å². The predicted molar refractivity (Wildman–Crippen MR) is 90.5 cm³/mol. The van der Waals surface area contributed by atoms with Crippen LogP contribution in [0.25, 0.3) is 11.0 Å². The summed E-state index contributed by atoms with van der Waals surface area (Å²) in [5, 5.41) is 21.0. The van der Waals surface area contributed by atoms with Crippen molar-refractivity contribution in [2.75, 3.05) is 5.32 Å². The second-order valence-corrected chi connectivity index (χ2v) is 5.90. The van der Waals surface area contributed by atoms with Crippen LogP contribution in [0.1, 0.15) is 11.1 Å².